The highest BCUT2D eigenvalue weighted by molar-refractivity contribution is 8.00. The van der Waals surface area contributed by atoms with E-state index >= 15 is 0 Å². The summed E-state index contributed by atoms with van der Waals surface area (Å²) in [5, 5.41) is 8.01. The van der Waals surface area contributed by atoms with Gasteiger partial charge in [0.15, 0.2) is 6.61 Å². The van der Waals surface area contributed by atoms with E-state index in [0.717, 1.165) is 11.4 Å². The van der Waals surface area contributed by atoms with E-state index in [2.05, 4.69) is 10.2 Å². The molecule has 2 aromatic carbocycles. The monoisotopic (exact) mass is 397 g/mol. The molecule has 3 aromatic rings. The minimum atomic E-state index is -0.355. The number of carbonyl (C=O) groups excluding carboxylic acids is 1. The van der Waals surface area contributed by atoms with E-state index in [1.807, 2.05) is 75.4 Å². The lowest BCUT2D eigenvalue weighted by Crippen LogP contribution is -2.36. The first-order chi connectivity index (χ1) is 13.6. The molecule has 1 amide bonds. The van der Waals surface area contributed by atoms with Crippen LogP contribution in [0, 0.1) is 6.92 Å². The molecular weight excluding hydrogens is 374 g/mol. The van der Waals surface area contributed by atoms with Crippen LogP contribution >= 0.6 is 11.8 Å². The van der Waals surface area contributed by atoms with Crippen LogP contribution in [0.5, 0.6) is 5.75 Å². The number of hydrogen-bond donors (Lipinski definition) is 0. The number of aryl methyl sites for hydroxylation is 1. The molecule has 0 aliphatic heterocycles. The number of amides is 1. The number of carbonyl (C=O) groups is 1. The minimum Gasteiger partial charge on any atom is -0.484 e. The Bertz CT molecular complexity index is 897. The van der Waals surface area contributed by atoms with Gasteiger partial charge in [-0.3, -0.25) is 4.79 Å². The quantitative estimate of drug-likeness (QED) is 0.522. The molecule has 3 rings (SSSR count). The molecule has 146 valence electrons. The van der Waals surface area contributed by atoms with Gasteiger partial charge in [-0.15, -0.1) is 10.2 Å². The van der Waals surface area contributed by atoms with Crippen molar-refractivity contribution >= 4 is 23.4 Å². The number of anilines is 1. The van der Waals surface area contributed by atoms with E-state index < -0.39 is 0 Å². The zero-order valence-corrected chi connectivity index (χ0v) is 17.0. The molecule has 0 aliphatic carbocycles. The second-order valence-electron chi connectivity index (χ2n) is 6.24. The Morgan fingerprint density at radius 2 is 1.86 bits per heavy atom. The van der Waals surface area contributed by atoms with Crippen molar-refractivity contribution in [2.45, 2.75) is 37.9 Å². The Morgan fingerprint density at radius 3 is 2.54 bits per heavy atom. The maximum Gasteiger partial charge on any atom is 0.277 e. The van der Waals surface area contributed by atoms with E-state index in [-0.39, 0.29) is 17.8 Å². The molecule has 0 unspecified atom stereocenters. The van der Waals surface area contributed by atoms with Gasteiger partial charge in [0.25, 0.3) is 11.1 Å². The average Bonchev–Trinajstić information content (AvgIpc) is 3.16. The molecule has 0 radical (unpaired) electrons. The van der Waals surface area contributed by atoms with Gasteiger partial charge >= 0.3 is 0 Å². The molecule has 0 aliphatic rings. The summed E-state index contributed by atoms with van der Waals surface area (Å²) in [7, 11) is 0. The third-order valence-corrected chi connectivity index (χ3v) is 5.03. The van der Waals surface area contributed by atoms with Crippen LogP contribution in [0.1, 0.15) is 25.3 Å². The summed E-state index contributed by atoms with van der Waals surface area (Å²) >= 11 is 1.25. The van der Waals surface area contributed by atoms with Crippen LogP contribution < -0.4 is 9.64 Å². The fourth-order valence-electron chi connectivity index (χ4n) is 2.62. The van der Waals surface area contributed by atoms with Crippen LogP contribution in [0.15, 0.2) is 64.2 Å². The van der Waals surface area contributed by atoms with Crippen LogP contribution in [0.2, 0.25) is 0 Å². The zero-order valence-electron chi connectivity index (χ0n) is 16.2. The Morgan fingerprint density at radius 1 is 1.14 bits per heavy atom. The number of thioether (sulfide) groups is 1. The van der Waals surface area contributed by atoms with Crippen LogP contribution in [0.4, 0.5) is 5.69 Å². The highest BCUT2D eigenvalue weighted by atomic mass is 32.2. The predicted molar refractivity (Wildman–Crippen MR) is 110 cm³/mol. The molecule has 0 saturated heterocycles. The second-order valence-corrected chi connectivity index (χ2v) is 7.53. The van der Waals surface area contributed by atoms with Gasteiger partial charge in [-0.25, -0.2) is 0 Å². The van der Waals surface area contributed by atoms with E-state index in [4.69, 9.17) is 9.15 Å². The molecule has 0 fully saturated rings. The molecule has 7 heteroatoms. The van der Waals surface area contributed by atoms with Crippen LogP contribution in [-0.2, 0) is 11.4 Å². The van der Waals surface area contributed by atoms with Gasteiger partial charge in [0.05, 0.1) is 5.25 Å². The summed E-state index contributed by atoms with van der Waals surface area (Å²) in [6.07, 6.45) is 0. The van der Waals surface area contributed by atoms with Gasteiger partial charge in [0.2, 0.25) is 5.91 Å². The predicted octanol–water partition coefficient (Wildman–Crippen LogP) is 4.49. The van der Waals surface area contributed by atoms with Crippen molar-refractivity contribution in [1.29, 1.82) is 0 Å². The summed E-state index contributed by atoms with van der Waals surface area (Å²) in [6.45, 7) is 6.59. The smallest absolute Gasteiger partial charge is 0.277 e. The normalized spacial score (nSPS) is 11.8. The molecule has 6 nitrogen and oxygen atoms in total. The highest BCUT2D eigenvalue weighted by Gasteiger charge is 2.24. The Labute approximate surface area is 168 Å². The average molecular weight is 398 g/mol. The van der Waals surface area contributed by atoms with E-state index in [1.54, 1.807) is 4.90 Å². The first-order valence-electron chi connectivity index (χ1n) is 9.11. The maximum absolute atomic E-state index is 12.8. The highest BCUT2D eigenvalue weighted by Crippen LogP contribution is 2.25. The van der Waals surface area contributed by atoms with Crippen molar-refractivity contribution in [1.82, 2.24) is 10.2 Å². The minimum absolute atomic E-state index is 0.00523. The van der Waals surface area contributed by atoms with Gasteiger partial charge in [-0.2, -0.15) is 0 Å². The summed E-state index contributed by atoms with van der Waals surface area (Å²) in [4.78, 5) is 14.6. The molecule has 0 N–H and O–H groups in total. The third-order valence-electron chi connectivity index (χ3n) is 4.11. The summed E-state index contributed by atoms with van der Waals surface area (Å²) < 4.78 is 11.3. The lowest BCUT2D eigenvalue weighted by atomic mass is 10.2. The fourth-order valence-corrected chi connectivity index (χ4v) is 3.38. The lowest BCUT2D eigenvalue weighted by molar-refractivity contribution is -0.117. The molecule has 0 saturated carbocycles. The Hall–Kier alpha value is -2.80. The first kappa shape index (κ1) is 19.9. The van der Waals surface area contributed by atoms with Crippen molar-refractivity contribution < 1.29 is 13.9 Å². The summed E-state index contributed by atoms with van der Waals surface area (Å²) in [6, 6.07) is 17.4. The van der Waals surface area contributed by atoms with Gasteiger partial charge in [-0.05, 0) is 45.0 Å². The molecule has 0 bridgehead atoms. The van der Waals surface area contributed by atoms with Crippen molar-refractivity contribution in [3.05, 3.63) is 66.1 Å². The van der Waals surface area contributed by atoms with E-state index in [0.29, 0.717) is 17.7 Å². The second kappa shape index (κ2) is 9.41. The molecular formula is C21H23N3O3S. The van der Waals surface area contributed by atoms with Gasteiger partial charge < -0.3 is 14.1 Å². The van der Waals surface area contributed by atoms with Crippen molar-refractivity contribution in [3.8, 4) is 5.75 Å². The largest absolute Gasteiger partial charge is 0.484 e. The summed E-state index contributed by atoms with van der Waals surface area (Å²) in [5.74, 6) is 1.11. The number of ether oxygens (including phenoxy) is 1. The molecule has 1 aromatic heterocycles. The van der Waals surface area contributed by atoms with Crippen molar-refractivity contribution in [2.24, 2.45) is 0 Å². The first-order valence-corrected chi connectivity index (χ1v) is 9.99. The number of hydrogen-bond acceptors (Lipinski definition) is 6. The zero-order chi connectivity index (χ0) is 19.9. The van der Waals surface area contributed by atoms with E-state index in [1.165, 1.54) is 17.3 Å². The van der Waals surface area contributed by atoms with Crippen LogP contribution in [0.3, 0.4) is 0 Å². The SMILES string of the molecule is CCN(C(=O)[C@H](C)Sc1nnc(COc2ccc(C)cc2)o1)c1ccccc1. The van der Waals surface area contributed by atoms with Crippen molar-refractivity contribution in [2.75, 3.05) is 11.4 Å². The summed E-state index contributed by atoms with van der Waals surface area (Å²) in [5.41, 5.74) is 2.04. The molecule has 28 heavy (non-hydrogen) atoms. The van der Waals surface area contributed by atoms with Crippen LogP contribution in [-0.4, -0.2) is 27.9 Å². The Kier molecular flexibility index (Phi) is 6.71. The topological polar surface area (TPSA) is 68.5 Å². The van der Waals surface area contributed by atoms with Gasteiger partial charge in [-0.1, -0.05) is 47.7 Å². The number of benzene rings is 2. The maximum atomic E-state index is 12.8. The fraction of sp³-hybridized carbons (Fsp3) is 0.286. The number of rotatable bonds is 8. The molecule has 1 atom stereocenters. The molecule has 1 heterocycles. The van der Waals surface area contributed by atoms with Gasteiger partial charge in [0, 0.05) is 12.2 Å². The third kappa shape index (κ3) is 5.13. The standard InChI is InChI=1S/C21H23N3O3S/c1-4-24(17-8-6-5-7-9-17)20(25)16(3)28-21-23-22-19(27-21)14-26-18-12-10-15(2)11-13-18/h5-13,16H,4,14H2,1-3H3/t16-/m0/s1. The number of aromatic nitrogens is 2. The van der Waals surface area contributed by atoms with E-state index in [9.17, 15) is 4.79 Å². The lowest BCUT2D eigenvalue weighted by Gasteiger charge is -2.23. The van der Waals surface area contributed by atoms with Crippen LogP contribution in [0.25, 0.3) is 0 Å². The number of para-hydroxylation sites is 1. The molecule has 0 spiro atoms. The van der Waals surface area contributed by atoms with Crippen molar-refractivity contribution in [3.63, 3.8) is 0 Å². The Balaban J connectivity index is 1.57. The number of nitrogens with zero attached hydrogens (tertiary/aromatic N) is 3. The van der Waals surface area contributed by atoms with Gasteiger partial charge in [0.1, 0.15) is 5.75 Å².